The van der Waals surface area contributed by atoms with Crippen molar-refractivity contribution >= 4 is 11.4 Å². The van der Waals surface area contributed by atoms with Crippen LogP contribution in [0.25, 0.3) is 5.57 Å². The van der Waals surface area contributed by atoms with Crippen LogP contribution in [0.5, 0.6) is 5.75 Å². The second kappa shape index (κ2) is 7.15. The van der Waals surface area contributed by atoms with Crippen LogP contribution in [0.15, 0.2) is 64.7 Å². The summed E-state index contributed by atoms with van der Waals surface area (Å²) in [5, 5.41) is 3.25. The van der Waals surface area contributed by atoms with Gasteiger partial charge in [-0.15, -0.1) is 0 Å². The lowest BCUT2D eigenvalue weighted by Gasteiger charge is -2.25. The van der Waals surface area contributed by atoms with Crippen LogP contribution in [0.2, 0.25) is 0 Å². The lowest BCUT2D eigenvalue weighted by molar-refractivity contribution is 0.283. The zero-order valence-corrected chi connectivity index (χ0v) is 15.4. The number of nitrogens with zero attached hydrogens (tertiary/aromatic N) is 2. The van der Waals surface area contributed by atoms with Crippen molar-refractivity contribution in [3.63, 3.8) is 0 Å². The number of fused-ring (bicyclic) bond motifs is 3. The topological polar surface area (TPSA) is 65.4 Å². The Morgan fingerprint density at radius 1 is 1.15 bits per heavy atom. The minimum absolute atomic E-state index is 0.248. The first-order chi connectivity index (χ1) is 13.2. The predicted octanol–water partition coefficient (Wildman–Crippen LogP) is 3.12. The number of hydrogen-bond acceptors (Lipinski definition) is 5. The molecule has 2 heterocycles. The van der Waals surface area contributed by atoms with Gasteiger partial charge in [0.15, 0.2) is 0 Å². The molecule has 27 heavy (non-hydrogen) atoms. The second-order valence-electron chi connectivity index (χ2n) is 6.45. The molecule has 0 fully saturated rings. The molecule has 1 aliphatic heterocycles. The van der Waals surface area contributed by atoms with E-state index in [9.17, 15) is 4.79 Å². The molecule has 6 nitrogen and oxygen atoms in total. The van der Waals surface area contributed by atoms with Crippen molar-refractivity contribution in [2.75, 3.05) is 19.5 Å². The molecule has 2 aromatic rings. The van der Waals surface area contributed by atoms with Crippen LogP contribution in [-0.2, 0) is 17.8 Å². The molecule has 1 aromatic heterocycles. The number of aromatic nitrogens is 2. The Morgan fingerprint density at radius 3 is 2.70 bits per heavy atom. The summed E-state index contributed by atoms with van der Waals surface area (Å²) < 4.78 is 12.2. The number of anilines is 1. The molecule has 0 saturated carbocycles. The Labute approximate surface area is 157 Å². The fraction of sp³-hybridized carbons (Fsp3) is 0.238. The molecular formula is C21H21N3O3. The maximum absolute atomic E-state index is 12.5. The molecule has 6 heteroatoms. The summed E-state index contributed by atoms with van der Waals surface area (Å²) in [6.45, 7) is 1.11. The van der Waals surface area contributed by atoms with Crippen molar-refractivity contribution in [1.29, 1.82) is 0 Å². The fourth-order valence-corrected chi connectivity index (χ4v) is 3.33. The van der Waals surface area contributed by atoms with Gasteiger partial charge in [-0.25, -0.2) is 4.79 Å². The Bertz CT molecular complexity index is 1010. The molecular weight excluding hydrogens is 342 g/mol. The molecule has 0 unspecified atom stereocenters. The van der Waals surface area contributed by atoms with Crippen molar-refractivity contribution in [3.05, 3.63) is 81.6 Å². The SMILES string of the molecule is COC1=CC=C2C(=CCn3c2cc(NCc2ccc(OC)cc2)nc3=O)C1. The number of methoxy groups -OCH3 is 2. The number of nitrogens with one attached hydrogen (secondary N) is 1. The molecule has 0 radical (unpaired) electrons. The molecule has 0 atom stereocenters. The molecule has 0 bridgehead atoms. The van der Waals surface area contributed by atoms with E-state index < -0.39 is 0 Å². The highest BCUT2D eigenvalue weighted by atomic mass is 16.5. The van der Waals surface area contributed by atoms with Crippen molar-refractivity contribution in [2.24, 2.45) is 0 Å². The lowest BCUT2D eigenvalue weighted by Crippen LogP contribution is -2.29. The molecule has 0 amide bonds. The Morgan fingerprint density at radius 2 is 1.96 bits per heavy atom. The first-order valence-electron chi connectivity index (χ1n) is 8.81. The summed E-state index contributed by atoms with van der Waals surface area (Å²) in [4.78, 5) is 16.7. The smallest absolute Gasteiger partial charge is 0.350 e. The van der Waals surface area contributed by atoms with E-state index in [4.69, 9.17) is 9.47 Å². The first kappa shape index (κ1) is 17.1. The third-order valence-corrected chi connectivity index (χ3v) is 4.85. The number of allylic oxidation sites excluding steroid dienone is 5. The number of benzene rings is 1. The summed E-state index contributed by atoms with van der Waals surface area (Å²) in [6, 6.07) is 9.73. The van der Waals surface area contributed by atoms with E-state index in [0.717, 1.165) is 34.8 Å². The first-order valence-corrected chi connectivity index (χ1v) is 8.81. The van der Waals surface area contributed by atoms with Crippen LogP contribution in [0.4, 0.5) is 5.82 Å². The quantitative estimate of drug-likeness (QED) is 0.884. The highest BCUT2D eigenvalue weighted by molar-refractivity contribution is 5.82. The van der Waals surface area contributed by atoms with Gasteiger partial charge in [-0.1, -0.05) is 18.2 Å². The Balaban J connectivity index is 1.60. The van der Waals surface area contributed by atoms with Gasteiger partial charge in [0.2, 0.25) is 0 Å². The summed E-state index contributed by atoms with van der Waals surface area (Å²) in [6.07, 6.45) is 6.77. The van der Waals surface area contributed by atoms with E-state index in [-0.39, 0.29) is 5.69 Å². The zero-order chi connectivity index (χ0) is 18.8. The van der Waals surface area contributed by atoms with Gasteiger partial charge < -0.3 is 14.8 Å². The highest BCUT2D eigenvalue weighted by Gasteiger charge is 2.22. The Hall–Kier alpha value is -3.28. The molecule has 0 spiro atoms. The number of hydrogen-bond donors (Lipinski definition) is 1. The molecule has 2 aliphatic rings. The average molecular weight is 363 g/mol. The summed E-state index contributed by atoms with van der Waals surface area (Å²) in [5.74, 6) is 2.31. The van der Waals surface area contributed by atoms with E-state index in [1.807, 2.05) is 42.5 Å². The fourth-order valence-electron chi connectivity index (χ4n) is 3.33. The third kappa shape index (κ3) is 3.38. The largest absolute Gasteiger partial charge is 0.501 e. The van der Waals surface area contributed by atoms with Crippen LogP contribution in [0.1, 0.15) is 17.7 Å². The van der Waals surface area contributed by atoms with Gasteiger partial charge in [0.25, 0.3) is 0 Å². The van der Waals surface area contributed by atoms with Gasteiger partial charge in [0.1, 0.15) is 11.6 Å². The minimum Gasteiger partial charge on any atom is -0.501 e. The lowest BCUT2D eigenvalue weighted by atomic mass is 9.91. The van der Waals surface area contributed by atoms with Crippen molar-refractivity contribution in [2.45, 2.75) is 19.5 Å². The second-order valence-corrected chi connectivity index (χ2v) is 6.45. The van der Waals surface area contributed by atoms with Gasteiger partial charge in [-0.2, -0.15) is 4.98 Å². The van der Waals surface area contributed by atoms with E-state index in [2.05, 4.69) is 16.4 Å². The number of ether oxygens (including phenoxy) is 2. The molecule has 1 aliphatic carbocycles. The monoisotopic (exact) mass is 363 g/mol. The highest BCUT2D eigenvalue weighted by Crippen LogP contribution is 2.35. The van der Waals surface area contributed by atoms with Crippen LogP contribution in [0.3, 0.4) is 0 Å². The van der Waals surface area contributed by atoms with E-state index in [1.165, 1.54) is 5.57 Å². The number of rotatable bonds is 5. The zero-order valence-electron chi connectivity index (χ0n) is 15.4. The van der Waals surface area contributed by atoms with E-state index in [1.54, 1.807) is 18.8 Å². The molecule has 4 rings (SSSR count). The van der Waals surface area contributed by atoms with Crippen molar-refractivity contribution in [3.8, 4) is 5.75 Å². The molecule has 0 saturated heterocycles. The minimum atomic E-state index is -0.248. The van der Waals surface area contributed by atoms with Crippen LogP contribution >= 0.6 is 0 Å². The van der Waals surface area contributed by atoms with E-state index >= 15 is 0 Å². The summed E-state index contributed by atoms with van der Waals surface area (Å²) >= 11 is 0. The van der Waals surface area contributed by atoms with Gasteiger partial charge in [0.05, 0.1) is 25.7 Å². The van der Waals surface area contributed by atoms with Crippen molar-refractivity contribution in [1.82, 2.24) is 9.55 Å². The van der Waals surface area contributed by atoms with Gasteiger partial charge in [-0.3, -0.25) is 4.57 Å². The van der Waals surface area contributed by atoms with Crippen LogP contribution in [-0.4, -0.2) is 23.8 Å². The van der Waals surface area contributed by atoms with Crippen molar-refractivity contribution < 1.29 is 9.47 Å². The van der Waals surface area contributed by atoms with Crippen LogP contribution < -0.4 is 15.7 Å². The maximum Gasteiger partial charge on any atom is 0.350 e. The van der Waals surface area contributed by atoms with Gasteiger partial charge in [-0.05, 0) is 35.4 Å². The van der Waals surface area contributed by atoms with Gasteiger partial charge in [0, 0.05) is 31.1 Å². The summed E-state index contributed by atoms with van der Waals surface area (Å²) in [5.41, 5.74) is 3.95. The van der Waals surface area contributed by atoms with E-state index in [0.29, 0.717) is 18.9 Å². The summed E-state index contributed by atoms with van der Waals surface area (Å²) in [7, 11) is 3.32. The predicted molar refractivity (Wildman–Crippen MR) is 105 cm³/mol. The third-order valence-electron chi connectivity index (χ3n) is 4.85. The standard InChI is InChI=1S/C21H21N3O3/c1-26-16-5-3-14(4-6-16)13-22-20-12-19-18-8-7-17(27-2)11-15(18)9-10-24(19)21(25)23-20/h3-9,12H,10-11,13H2,1-2H3,(H,22,23,25). The normalized spacial score (nSPS) is 15.0. The van der Waals surface area contributed by atoms with Gasteiger partial charge >= 0.3 is 5.69 Å². The average Bonchev–Trinajstić information content (AvgIpc) is 2.72. The molecule has 138 valence electrons. The maximum atomic E-state index is 12.5. The van der Waals surface area contributed by atoms with Crippen LogP contribution in [0, 0.1) is 0 Å². The Kier molecular flexibility index (Phi) is 4.54. The molecule has 1 N–H and O–H groups in total. The molecule has 1 aromatic carbocycles.